The Balaban J connectivity index is 1.76. The van der Waals surface area contributed by atoms with E-state index in [1.807, 2.05) is 0 Å². The molecule has 1 fully saturated rings. The molecule has 1 saturated heterocycles. The van der Waals surface area contributed by atoms with Crippen LogP contribution in [0.3, 0.4) is 0 Å². The lowest BCUT2D eigenvalue weighted by Crippen LogP contribution is -2.37. The maximum atomic E-state index is 11.9. The van der Waals surface area contributed by atoms with Gasteiger partial charge in [0.05, 0.1) is 5.69 Å². The lowest BCUT2D eigenvalue weighted by molar-refractivity contribution is 0.0916. The highest BCUT2D eigenvalue weighted by Gasteiger charge is 2.16. The standard InChI is InChI=1S/C13H21N3O2/c1-10-12(18-11(2)15-10)13(17)14-6-9-16-7-4-3-5-8-16/h3-9H2,1-2H3,(H,14,17). The molecule has 1 aromatic rings. The molecule has 0 unspecified atom stereocenters. The number of likely N-dealkylation sites (tertiary alicyclic amines) is 1. The second-order valence-corrected chi connectivity index (χ2v) is 4.81. The summed E-state index contributed by atoms with van der Waals surface area (Å²) in [7, 11) is 0. The molecule has 1 amide bonds. The van der Waals surface area contributed by atoms with Crippen molar-refractivity contribution >= 4 is 5.91 Å². The number of hydrogen-bond donors (Lipinski definition) is 1. The second kappa shape index (κ2) is 6.00. The maximum Gasteiger partial charge on any atom is 0.289 e. The summed E-state index contributed by atoms with van der Waals surface area (Å²) >= 11 is 0. The minimum absolute atomic E-state index is 0.162. The van der Waals surface area contributed by atoms with Gasteiger partial charge in [0.2, 0.25) is 5.76 Å². The normalized spacial score (nSPS) is 16.8. The lowest BCUT2D eigenvalue weighted by Gasteiger charge is -2.26. The molecule has 0 saturated carbocycles. The van der Waals surface area contributed by atoms with Crippen LogP contribution in [0.5, 0.6) is 0 Å². The Hall–Kier alpha value is -1.36. The van der Waals surface area contributed by atoms with Crippen LogP contribution in [0.4, 0.5) is 0 Å². The molecule has 1 aliphatic heterocycles. The zero-order chi connectivity index (χ0) is 13.0. The molecular formula is C13H21N3O2. The Morgan fingerprint density at radius 1 is 1.33 bits per heavy atom. The Labute approximate surface area is 108 Å². The van der Waals surface area contributed by atoms with Crippen molar-refractivity contribution in [2.75, 3.05) is 26.2 Å². The number of nitrogens with zero attached hydrogens (tertiary/aromatic N) is 2. The predicted molar refractivity (Wildman–Crippen MR) is 68.6 cm³/mol. The SMILES string of the molecule is Cc1nc(C)c(C(=O)NCCN2CCCCC2)o1. The minimum atomic E-state index is -0.162. The van der Waals surface area contributed by atoms with E-state index in [1.54, 1.807) is 13.8 Å². The fourth-order valence-corrected chi connectivity index (χ4v) is 2.33. The smallest absolute Gasteiger partial charge is 0.289 e. The number of aromatic nitrogens is 1. The third-order valence-corrected chi connectivity index (χ3v) is 3.27. The summed E-state index contributed by atoms with van der Waals surface area (Å²) < 4.78 is 5.28. The van der Waals surface area contributed by atoms with Crippen molar-refractivity contribution < 1.29 is 9.21 Å². The Bertz CT molecular complexity index is 408. The van der Waals surface area contributed by atoms with Gasteiger partial charge in [-0.1, -0.05) is 6.42 Å². The van der Waals surface area contributed by atoms with Crippen LogP contribution in [-0.4, -0.2) is 42.0 Å². The highest BCUT2D eigenvalue weighted by Crippen LogP contribution is 2.09. The van der Waals surface area contributed by atoms with Crippen molar-refractivity contribution in [3.63, 3.8) is 0 Å². The first-order valence-corrected chi connectivity index (χ1v) is 6.61. The summed E-state index contributed by atoms with van der Waals surface area (Å²) in [5.41, 5.74) is 0.656. The van der Waals surface area contributed by atoms with E-state index in [9.17, 15) is 4.79 Å². The fourth-order valence-electron chi connectivity index (χ4n) is 2.33. The summed E-state index contributed by atoms with van der Waals surface area (Å²) in [5.74, 6) is 0.713. The molecule has 0 atom stereocenters. The van der Waals surface area contributed by atoms with Crippen LogP contribution >= 0.6 is 0 Å². The van der Waals surface area contributed by atoms with Crippen molar-refractivity contribution in [3.05, 3.63) is 17.3 Å². The zero-order valence-electron chi connectivity index (χ0n) is 11.2. The summed E-state index contributed by atoms with van der Waals surface area (Å²) in [6.45, 7) is 7.41. The van der Waals surface area contributed by atoms with Gasteiger partial charge >= 0.3 is 0 Å². The number of nitrogens with one attached hydrogen (secondary N) is 1. The maximum absolute atomic E-state index is 11.9. The molecule has 18 heavy (non-hydrogen) atoms. The first-order chi connectivity index (χ1) is 8.66. The molecule has 5 heteroatoms. The summed E-state index contributed by atoms with van der Waals surface area (Å²) in [6.07, 6.45) is 3.88. The summed E-state index contributed by atoms with van der Waals surface area (Å²) in [6, 6.07) is 0. The topological polar surface area (TPSA) is 58.4 Å². The van der Waals surface area contributed by atoms with E-state index >= 15 is 0 Å². The number of hydrogen-bond acceptors (Lipinski definition) is 4. The van der Waals surface area contributed by atoms with Crippen LogP contribution in [0.1, 0.15) is 41.4 Å². The average molecular weight is 251 g/mol. The zero-order valence-corrected chi connectivity index (χ0v) is 11.2. The van der Waals surface area contributed by atoms with Gasteiger partial charge in [0.1, 0.15) is 0 Å². The highest BCUT2D eigenvalue weighted by molar-refractivity contribution is 5.92. The lowest BCUT2D eigenvalue weighted by atomic mass is 10.1. The van der Waals surface area contributed by atoms with Crippen molar-refractivity contribution in [1.82, 2.24) is 15.2 Å². The summed E-state index contributed by atoms with van der Waals surface area (Å²) in [4.78, 5) is 18.3. The van der Waals surface area contributed by atoms with Gasteiger partial charge < -0.3 is 14.6 Å². The average Bonchev–Trinajstić information content (AvgIpc) is 2.70. The van der Waals surface area contributed by atoms with Gasteiger partial charge in [-0.25, -0.2) is 4.98 Å². The number of aryl methyl sites for hydroxylation is 2. The molecule has 2 heterocycles. The first-order valence-electron chi connectivity index (χ1n) is 6.61. The number of carbonyl (C=O) groups excluding carboxylic acids is 1. The van der Waals surface area contributed by atoms with Crippen LogP contribution in [0, 0.1) is 13.8 Å². The number of piperidine rings is 1. The highest BCUT2D eigenvalue weighted by atomic mass is 16.4. The van der Waals surface area contributed by atoms with E-state index in [4.69, 9.17) is 4.42 Å². The van der Waals surface area contributed by atoms with Crippen molar-refractivity contribution in [2.45, 2.75) is 33.1 Å². The molecule has 1 aliphatic rings. The van der Waals surface area contributed by atoms with Gasteiger partial charge in [0.15, 0.2) is 5.89 Å². The minimum Gasteiger partial charge on any atom is -0.436 e. The Morgan fingerprint density at radius 2 is 2.06 bits per heavy atom. The molecule has 0 radical (unpaired) electrons. The van der Waals surface area contributed by atoms with E-state index < -0.39 is 0 Å². The van der Waals surface area contributed by atoms with Gasteiger partial charge in [-0.2, -0.15) is 0 Å². The molecule has 2 rings (SSSR count). The quantitative estimate of drug-likeness (QED) is 0.881. The van der Waals surface area contributed by atoms with Crippen molar-refractivity contribution in [2.24, 2.45) is 0 Å². The van der Waals surface area contributed by atoms with E-state index in [-0.39, 0.29) is 5.91 Å². The summed E-state index contributed by atoms with van der Waals surface area (Å²) in [5, 5.41) is 2.89. The predicted octanol–water partition coefficient (Wildman–Crippen LogP) is 1.51. The molecule has 0 spiro atoms. The van der Waals surface area contributed by atoms with Crippen molar-refractivity contribution in [3.8, 4) is 0 Å². The largest absolute Gasteiger partial charge is 0.436 e. The number of carbonyl (C=O) groups is 1. The first kappa shape index (κ1) is 13.1. The number of rotatable bonds is 4. The van der Waals surface area contributed by atoms with Crippen LogP contribution in [-0.2, 0) is 0 Å². The number of oxazole rings is 1. The van der Waals surface area contributed by atoms with Crippen LogP contribution in [0.25, 0.3) is 0 Å². The molecule has 100 valence electrons. The monoisotopic (exact) mass is 251 g/mol. The molecule has 1 N–H and O–H groups in total. The van der Waals surface area contributed by atoms with Crippen molar-refractivity contribution in [1.29, 1.82) is 0 Å². The van der Waals surface area contributed by atoms with Gasteiger partial charge in [-0.05, 0) is 32.9 Å². The molecular weight excluding hydrogens is 230 g/mol. The third-order valence-electron chi connectivity index (χ3n) is 3.27. The van der Waals surface area contributed by atoms with E-state index in [1.165, 1.54) is 19.3 Å². The Morgan fingerprint density at radius 3 is 2.67 bits per heavy atom. The van der Waals surface area contributed by atoms with Crippen LogP contribution < -0.4 is 5.32 Å². The number of amides is 1. The van der Waals surface area contributed by atoms with Gasteiger partial charge in [-0.3, -0.25) is 4.79 Å². The van der Waals surface area contributed by atoms with Gasteiger partial charge in [0, 0.05) is 20.0 Å². The Kier molecular flexibility index (Phi) is 4.36. The van der Waals surface area contributed by atoms with E-state index in [2.05, 4.69) is 15.2 Å². The molecule has 0 aromatic carbocycles. The molecule has 1 aromatic heterocycles. The molecule has 5 nitrogen and oxygen atoms in total. The van der Waals surface area contributed by atoms with Crippen LogP contribution in [0.15, 0.2) is 4.42 Å². The fraction of sp³-hybridized carbons (Fsp3) is 0.692. The van der Waals surface area contributed by atoms with Gasteiger partial charge in [-0.15, -0.1) is 0 Å². The molecule has 0 bridgehead atoms. The van der Waals surface area contributed by atoms with E-state index in [0.29, 0.717) is 23.9 Å². The molecule has 0 aliphatic carbocycles. The van der Waals surface area contributed by atoms with E-state index in [0.717, 1.165) is 19.6 Å². The van der Waals surface area contributed by atoms with Crippen LogP contribution in [0.2, 0.25) is 0 Å². The third kappa shape index (κ3) is 3.32. The van der Waals surface area contributed by atoms with Gasteiger partial charge in [0.25, 0.3) is 5.91 Å². The second-order valence-electron chi connectivity index (χ2n) is 4.81.